The summed E-state index contributed by atoms with van der Waals surface area (Å²) in [5.74, 6) is -0.866. The first-order chi connectivity index (χ1) is 13.3. The molecule has 3 heteroatoms. The number of hydrogen-bond donors (Lipinski definition) is 1. The van der Waals surface area contributed by atoms with E-state index in [0.717, 1.165) is 18.4 Å². The van der Waals surface area contributed by atoms with Crippen molar-refractivity contribution >= 4 is 5.97 Å². The molecule has 3 nitrogen and oxygen atoms in total. The lowest BCUT2D eigenvalue weighted by molar-refractivity contribution is 0.0695. The second-order valence-electron chi connectivity index (χ2n) is 7.89. The lowest BCUT2D eigenvalue weighted by Crippen LogP contribution is -2.03. The lowest BCUT2D eigenvalue weighted by atomic mass is 10.0. The van der Waals surface area contributed by atoms with Gasteiger partial charge in [-0.05, 0) is 24.5 Å². The Morgan fingerprint density at radius 2 is 1.22 bits per heavy atom. The van der Waals surface area contributed by atoms with Crippen LogP contribution in [0, 0.1) is 0 Å². The fourth-order valence-electron chi connectivity index (χ4n) is 3.70. The van der Waals surface area contributed by atoms with Gasteiger partial charge < -0.3 is 5.11 Å². The van der Waals surface area contributed by atoms with Crippen LogP contribution in [0.1, 0.15) is 126 Å². The minimum absolute atomic E-state index is 0.360. The summed E-state index contributed by atoms with van der Waals surface area (Å²) in [6.45, 7) is 2.28. The first kappa shape index (κ1) is 23.7. The molecule has 0 aliphatic rings. The van der Waals surface area contributed by atoms with Crippen molar-refractivity contribution in [2.24, 2.45) is 0 Å². The second-order valence-corrected chi connectivity index (χ2v) is 7.89. The smallest absolute Gasteiger partial charge is 0.337 e. The zero-order valence-electron chi connectivity index (χ0n) is 17.6. The number of carboxylic acid groups (broad SMARTS) is 1. The molecule has 0 saturated heterocycles. The highest BCUT2D eigenvalue weighted by atomic mass is 16.4. The van der Waals surface area contributed by atoms with Gasteiger partial charge in [0.05, 0.1) is 5.56 Å². The van der Waals surface area contributed by atoms with Crippen molar-refractivity contribution in [3.05, 3.63) is 29.6 Å². The highest BCUT2D eigenvalue weighted by Crippen LogP contribution is 2.15. The summed E-state index contributed by atoms with van der Waals surface area (Å²) in [5, 5.41) is 9.16. The normalized spacial score (nSPS) is 11.0. The maximum Gasteiger partial charge on any atom is 0.337 e. The van der Waals surface area contributed by atoms with Crippen LogP contribution in [0.15, 0.2) is 18.5 Å². The summed E-state index contributed by atoms with van der Waals surface area (Å²) in [6, 6.07) is 1.84. The number of nitrogens with zero attached hydrogens (tertiary/aromatic N) is 1. The number of unbranched alkanes of at least 4 members (excludes halogenated alkanes) is 15. The molecule has 27 heavy (non-hydrogen) atoms. The van der Waals surface area contributed by atoms with Crippen LogP contribution < -0.4 is 0 Å². The number of aromatic carboxylic acids is 1. The molecule has 154 valence electrons. The molecule has 0 amide bonds. The molecule has 0 saturated carbocycles. The summed E-state index contributed by atoms with van der Waals surface area (Å²) in [4.78, 5) is 15.1. The Morgan fingerprint density at radius 1 is 0.778 bits per heavy atom. The fraction of sp³-hybridized carbons (Fsp3) is 0.750. The van der Waals surface area contributed by atoms with Crippen LogP contribution in [0.5, 0.6) is 0 Å². The number of aryl methyl sites for hydroxylation is 1. The molecular weight excluding hydrogens is 334 g/mol. The van der Waals surface area contributed by atoms with Crippen LogP contribution in [0.3, 0.4) is 0 Å². The molecule has 0 unspecified atom stereocenters. The molecule has 0 atom stereocenters. The fourth-order valence-corrected chi connectivity index (χ4v) is 3.70. The molecule has 1 aromatic heterocycles. The van der Waals surface area contributed by atoms with Crippen molar-refractivity contribution in [1.82, 2.24) is 4.98 Å². The Labute approximate surface area is 167 Å². The van der Waals surface area contributed by atoms with Gasteiger partial charge in [0.15, 0.2) is 0 Å². The molecule has 0 radical (unpaired) electrons. The average Bonchev–Trinajstić information content (AvgIpc) is 2.68. The monoisotopic (exact) mass is 375 g/mol. The van der Waals surface area contributed by atoms with Crippen LogP contribution in [0.4, 0.5) is 0 Å². The predicted octanol–water partition coefficient (Wildman–Crippen LogP) is 7.58. The largest absolute Gasteiger partial charge is 0.478 e. The van der Waals surface area contributed by atoms with E-state index in [1.807, 2.05) is 6.07 Å². The predicted molar refractivity (Wildman–Crippen MR) is 114 cm³/mol. The summed E-state index contributed by atoms with van der Waals surface area (Å²) in [6.07, 6.45) is 25.7. The first-order valence-electron chi connectivity index (χ1n) is 11.4. The Hall–Kier alpha value is -1.38. The van der Waals surface area contributed by atoms with Gasteiger partial charge in [-0.3, -0.25) is 4.98 Å². The van der Waals surface area contributed by atoms with Crippen molar-refractivity contribution in [3.8, 4) is 0 Å². The number of pyridine rings is 1. The van der Waals surface area contributed by atoms with Crippen LogP contribution >= 0.6 is 0 Å². The summed E-state index contributed by atoms with van der Waals surface area (Å²) >= 11 is 0. The van der Waals surface area contributed by atoms with E-state index < -0.39 is 5.97 Å². The van der Waals surface area contributed by atoms with Gasteiger partial charge >= 0.3 is 5.97 Å². The number of carboxylic acids is 1. The Kier molecular flexibility index (Phi) is 14.7. The second kappa shape index (κ2) is 16.8. The van der Waals surface area contributed by atoms with Crippen molar-refractivity contribution in [2.75, 3.05) is 0 Å². The molecule has 0 bridgehead atoms. The molecule has 1 N–H and O–H groups in total. The van der Waals surface area contributed by atoms with Crippen molar-refractivity contribution in [3.63, 3.8) is 0 Å². The lowest BCUT2D eigenvalue weighted by Gasteiger charge is -2.05. The number of aromatic nitrogens is 1. The Bertz CT molecular complexity index is 487. The van der Waals surface area contributed by atoms with Gasteiger partial charge in [-0.1, -0.05) is 103 Å². The van der Waals surface area contributed by atoms with Crippen LogP contribution in [-0.2, 0) is 6.42 Å². The molecule has 1 heterocycles. The van der Waals surface area contributed by atoms with E-state index in [2.05, 4.69) is 11.9 Å². The van der Waals surface area contributed by atoms with Gasteiger partial charge in [0.1, 0.15) is 0 Å². The van der Waals surface area contributed by atoms with E-state index >= 15 is 0 Å². The van der Waals surface area contributed by atoms with Crippen LogP contribution in [0.25, 0.3) is 0 Å². The standard InChI is InChI=1S/C24H41NO2/c1-2-3-4-5-6-7-8-9-10-11-12-13-14-15-16-17-18-22-19-20-25-21-23(22)24(26)27/h19-21H,2-18H2,1H3,(H,26,27). The van der Waals surface area contributed by atoms with Crippen molar-refractivity contribution in [2.45, 2.75) is 116 Å². The highest BCUT2D eigenvalue weighted by Gasteiger charge is 2.08. The zero-order chi connectivity index (χ0) is 19.6. The SMILES string of the molecule is CCCCCCCCCCCCCCCCCCc1ccncc1C(=O)O. The van der Waals surface area contributed by atoms with Crippen LogP contribution in [0.2, 0.25) is 0 Å². The molecule has 0 aromatic carbocycles. The van der Waals surface area contributed by atoms with E-state index in [1.54, 1.807) is 6.20 Å². The van der Waals surface area contributed by atoms with Gasteiger partial charge in [-0.15, -0.1) is 0 Å². The Morgan fingerprint density at radius 3 is 1.67 bits per heavy atom. The van der Waals surface area contributed by atoms with E-state index in [4.69, 9.17) is 5.11 Å². The van der Waals surface area contributed by atoms with E-state index in [9.17, 15) is 4.79 Å². The van der Waals surface area contributed by atoms with Gasteiger partial charge in [0.25, 0.3) is 0 Å². The van der Waals surface area contributed by atoms with Gasteiger partial charge in [0.2, 0.25) is 0 Å². The zero-order valence-corrected chi connectivity index (χ0v) is 17.6. The summed E-state index contributed by atoms with van der Waals surface area (Å²) in [5.41, 5.74) is 1.28. The summed E-state index contributed by atoms with van der Waals surface area (Å²) < 4.78 is 0. The average molecular weight is 376 g/mol. The van der Waals surface area contributed by atoms with Crippen molar-refractivity contribution in [1.29, 1.82) is 0 Å². The quantitative estimate of drug-likeness (QED) is 0.269. The molecule has 1 rings (SSSR count). The van der Waals surface area contributed by atoms with Gasteiger partial charge in [-0.2, -0.15) is 0 Å². The van der Waals surface area contributed by atoms with Crippen molar-refractivity contribution < 1.29 is 9.90 Å². The minimum Gasteiger partial charge on any atom is -0.478 e. The molecule has 0 aliphatic carbocycles. The number of rotatable bonds is 18. The maximum atomic E-state index is 11.2. The molecule has 0 fully saturated rings. The van der Waals surface area contributed by atoms with E-state index in [1.165, 1.54) is 103 Å². The molecule has 1 aromatic rings. The molecule has 0 aliphatic heterocycles. The first-order valence-corrected chi connectivity index (χ1v) is 11.4. The van der Waals surface area contributed by atoms with Gasteiger partial charge in [-0.25, -0.2) is 4.79 Å². The van der Waals surface area contributed by atoms with Gasteiger partial charge in [0, 0.05) is 12.4 Å². The molecular formula is C24H41NO2. The number of hydrogen-bond acceptors (Lipinski definition) is 2. The minimum atomic E-state index is -0.866. The third-order valence-corrected chi connectivity index (χ3v) is 5.44. The van der Waals surface area contributed by atoms with E-state index in [0.29, 0.717) is 5.56 Å². The van der Waals surface area contributed by atoms with Crippen LogP contribution in [-0.4, -0.2) is 16.1 Å². The molecule has 0 spiro atoms. The Balaban J connectivity index is 1.85. The maximum absolute atomic E-state index is 11.2. The highest BCUT2D eigenvalue weighted by molar-refractivity contribution is 5.88. The third kappa shape index (κ3) is 12.6. The van der Waals surface area contributed by atoms with E-state index in [-0.39, 0.29) is 0 Å². The topological polar surface area (TPSA) is 50.2 Å². The third-order valence-electron chi connectivity index (χ3n) is 5.44. The summed E-state index contributed by atoms with van der Waals surface area (Å²) in [7, 11) is 0. The number of carbonyl (C=O) groups is 1.